The highest BCUT2D eigenvalue weighted by molar-refractivity contribution is 7.10. The van der Waals surface area contributed by atoms with E-state index in [1.54, 1.807) is 28.7 Å². The molecular weight excluding hydrogens is 366 g/mol. The molecule has 0 aliphatic carbocycles. The van der Waals surface area contributed by atoms with E-state index in [-0.39, 0.29) is 11.5 Å². The molecule has 5 nitrogen and oxygen atoms in total. The van der Waals surface area contributed by atoms with Gasteiger partial charge in [0.25, 0.3) is 0 Å². The molecule has 2 fully saturated rings. The van der Waals surface area contributed by atoms with E-state index in [2.05, 4.69) is 9.88 Å². The Morgan fingerprint density at radius 2 is 2.15 bits per heavy atom. The Kier molecular flexibility index (Phi) is 5.49. The maximum absolute atomic E-state index is 12.4. The molecule has 0 bridgehead atoms. The highest BCUT2D eigenvalue weighted by Crippen LogP contribution is 2.31. The number of ether oxygens (including phenoxy) is 1. The van der Waals surface area contributed by atoms with Crippen molar-refractivity contribution < 1.29 is 9.53 Å². The van der Waals surface area contributed by atoms with Crippen molar-refractivity contribution in [3.8, 4) is 0 Å². The van der Waals surface area contributed by atoms with E-state index >= 15 is 0 Å². The van der Waals surface area contributed by atoms with E-state index in [9.17, 15) is 4.79 Å². The van der Waals surface area contributed by atoms with E-state index in [0.29, 0.717) is 0 Å². The van der Waals surface area contributed by atoms with Gasteiger partial charge in [0.2, 0.25) is 5.91 Å². The first-order valence-electron chi connectivity index (χ1n) is 8.98. The predicted molar refractivity (Wildman–Crippen MR) is 105 cm³/mol. The van der Waals surface area contributed by atoms with Gasteiger partial charge in [-0.15, -0.1) is 22.7 Å². The average Bonchev–Trinajstić information content (AvgIpc) is 3.34. The van der Waals surface area contributed by atoms with Gasteiger partial charge in [0.1, 0.15) is 5.01 Å². The third-order valence-corrected chi connectivity index (χ3v) is 6.69. The standard InChI is InChI=1S/C19H23N3O2S2/c23-18(4-3-16-2-1-12-25-16)22-8-5-19(6-9-22)15-21(10-11-24-19)14-17-20-7-13-26-17/h1-4,7,12-13H,5-6,8-11,14-15H2/b4-3+. The summed E-state index contributed by atoms with van der Waals surface area (Å²) in [6.07, 6.45) is 7.27. The van der Waals surface area contributed by atoms with Gasteiger partial charge in [0, 0.05) is 48.7 Å². The first kappa shape index (κ1) is 17.9. The average molecular weight is 390 g/mol. The van der Waals surface area contributed by atoms with E-state index in [0.717, 1.165) is 62.1 Å². The molecule has 4 heterocycles. The van der Waals surface area contributed by atoms with Crippen LogP contribution in [0.25, 0.3) is 6.08 Å². The van der Waals surface area contributed by atoms with Crippen LogP contribution in [0, 0.1) is 0 Å². The lowest BCUT2D eigenvalue weighted by Gasteiger charge is -2.47. The second-order valence-corrected chi connectivity index (χ2v) is 8.80. The minimum atomic E-state index is -0.107. The zero-order valence-corrected chi connectivity index (χ0v) is 16.3. The van der Waals surface area contributed by atoms with E-state index < -0.39 is 0 Å². The molecule has 0 saturated carbocycles. The summed E-state index contributed by atoms with van der Waals surface area (Å²) in [7, 11) is 0. The van der Waals surface area contributed by atoms with Gasteiger partial charge >= 0.3 is 0 Å². The number of likely N-dealkylation sites (tertiary alicyclic amines) is 1. The summed E-state index contributed by atoms with van der Waals surface area (Å²) in [5.41, 5.74) is -0.107. The van der Waals surface area contributed by atoms with Crippen LogP contribution in [0.4, 0.5) is 0 Å². The number of hydrogen-bond acceptors (Lipinski definition) is 6. The summed E-state index contributed by atoms with van der Waals surface area (Å²) in [5, 5.41) is 5.21. The summed E-state index contributed by atoms with van der Waals surface area (Å²) in [6, 6.07) is 4.02. The minimum absolute atomic E-state index is 0.101. The molecule has 0 atom stereocenters. The Bertz CT molecular complexity index is 735. The molecule has 2 aliphatic heterocycles. The molecule has 2 aromatic heterocycles. The molecular formula is C19H23N3O2S2. The maximum Gasteiger partial charge on any atom is 0.246 e. The summed E-state index contributed by atoms with van der Waals surface area (Å²) in [4.78, 5) is 22.3. The van der Waals surface area contributed by atoms with Crippen molar-refractivity contribution in [2.24, 2.45) is 0 Å². The van der Waals surface area contributed by atoms with Crippen LogP contribution in [0.1, 0.15) is 22.7 Å². The van der Waals surface area contributed by atoms with Crippen LogP contribution in [0.15, 0.2) is 35.2 Å². The Morgan fingerprint density at radius 3 is 2.88 bits per heavy atom. The van der Waals surface area contributed by atoms with Crippen molar-refractivity contribution in [3.63, 3.8) is 0 Å². The Morgan fingerprint density at radius 1 is 1.27 bits per heavy atom. The third-order valence-electron chi connectivity index (χ3n) is 5.09. The van der Waals surface area contributed by atoms with Crippen LogP contribution >= 0.6 is 22.7 Å². The molecule has 0 radical (unpaired) electrons. The van der Waals surface area contributed by atoms with Gasteiger partial charge in [0.15, 0.2) is 0 Å². The smallest absolute Gasteiger partial charge is 0.246 e. The highest BCUT2D eigenvalue weighted by atomic mass is 32.1. The minimum Gasteiger partial charge on any atom is -0.372 e. The van der Waals surface area contributed by atoms with Crippen LogP contribution < -0.4 is 0 Å². The lowest BCUT2D eigenvalue weighted by atomic mass is 9.89. The summed E-state index contributed by atoms with van der Waals surface area (Å²) < 4.78 is 6.19. The zero-order chi connectivity index (χ0) is 17.8. The summed E-state index contributed by atoms with van der Waals surface area (Å²) in [5.74, 6) is 0.101. The molecule has 0 unspecified atom stereocenters. The number of amides is 1. The number of thiazole rings is 1. The fraction of sp³-hybridized carbons (Fsp3) is 0.474. The van der Waals surface area contributed by atoms with Crippen molar-refractivity contribution in [3.05, 3.63) is 45.1 Å². The summed E-state index contributed by atoms with van der Waals surface area (Å²) in [6.45, 7) is 5.07. The van der Waals surface area contributed by atoms with Crippen molar-refractivity contribution in [1.82, 2.24) is 14.8 Å². The molecule has 138 valence electrons. The highest BCUT2D eigenvalue weighted by Gasteiger charge is 2.40. The van der Waals surface area contributed by atoms with Crippen LogP contribution in [0.2, 0.25) is 0 Å². The van der Waals surface area contributed by atoms with E-state index in [1.807, 2.05) is 40.1 Å². The van der Waals surface area contributed by atoms with Gasteiger partial charge in [-0.3, -0.25) is 9.69 Å². The number of thiophene rings is 1. The number of hydrogen-bond donors (Lipinski definition) is 0. The van der Waals surface area contributed by atoms with Gasteiger partial charge in [-0.25, -0.2) is 4.98 Å². The first-order valence-corrected chi connectivity index (χ1v) is 10.7. The third kappa shape index (κ3) is 4.23. The summed E-state index contributed by atoms with van der Waals surface area (Å²) >= 11 is 3.35. The predicted octanol–water partition coefficient (Wildman–Crippen LogP) is 3.11. The van der Waals surface area contributed by atoms with Crippen molar-refractivity contribution in [1.29, 1.82) is 0 Å². The fourth-order valence-electron chi connectivity index (χ4n) is 3.66. The quantitative estimate of drug-likeness (QED) is 0.754. The van der Waals surface area contributed by atoms with Crippen molar-refractivity contribution >= 4 is 34.7 Å². The number of rotatable bonds is 4. The molecule has 1 spiro atoms. The Balaban J connectivity index is 1.31. The second kappa shape index (κ2) is 8.00. The van der Waals surface area contributed by atoms with Gasteiger partial charge < -0.3 is 9.64 Å². The van der Waals surface area contributed by atoms with Gasteiger partial charge in [-0.2, -0.15) is 0 Å². The first-order chi connectivity index (χ1) is 12.7. The number of nitrogens with zero attached hydrogens (tertiary/aromatic N) is 3. The largest absolute Gasteiger partial charge is 0.372 e. The van der Waals surface area contributed by atoms with Crippen LogP contribution in [-0.4, -0.2) is 59.1 Å². The van der Waals surface area contributed by atoms with Gasteiger partial charge in [-0.1, -0.05) is 6.07 Å². The normalized spacial score (nSPS) is 20.8. The molecule has 26 heavy (non-hydrogen) atoms. The van der Waals surface area contributed by atoms with Crippen LogP contribution in [-0.2, 0) is 16.1 Å². The number of carbonyl (C=O) groups excluding carboxylic acids is 1. The maximum atomic E-state index is 12.4. The van der Waals surface area contributed by atoms with E-state index in [1.165, 1.54) is 0 Å². The van der Waals surface area contributed by atoms with Crippen LogP contribution in [0.3, 0.4) is 0 Å². The van der Waals surface area contributed by atoms with Gasteiger partial charge in [0.05, 0.1) is 18.8 Å². The molecule has 4 rings (SSSR count). The zero-order valence-electron chi connectivity index (χ0n) is 14.7. The monoisotopic (exact) mass is 389 g/mol. The lowest BCUT2D eigenvalue weighted by molar-refractivity contribution is -0.148. The number of aromatic nitrogens is 1. The van der Waals surface area contributed by atoms with E-state index in [4.69, 9.17) is 4.74 Å². The fourth-order valence-corrected chi connectivity index (χ4v) is 4.94. The van der Waals surface area contributed by atoms with Crippen LogP contribution in [0.5, 0.6) is 0 Å². The van der Waals surface area contributed by atoms with Crippen molar-refractivity contribution in [2.75, 3.05) is 32.8 Å². The second-order valence-electron chi connectivity index (χ2n) is 6.84. The molecule has 2 aromatic rings. The van der Waals surface area contributed by atoms with Gasteiger partial charge in [-0.05, 0) is 30.4 Å². The molecule has 1 amide bonds. The molecule has 0 N–H and O–H groups in total. The molecule has 0 aromatic carbocycles. The van der Waals surface area contributed by atoms with Crippen molar-refractivity contribution in [2.45, 2.75) is 25.0 Å². The number of piperidine rings is 1. The lowest BCUT2D eigenvalue weighted by Crippen LogP contribution is -2.57. The Labute approximate surface area is 161 Å². The number of carbonyl (C=O) groups is 1. The number of morpholine rings is 1. The SMILES string of the molecule is O=C(/C=C/c1cccs1)N1CCC2(CC1)CN(Cc1nccs1)CCO2. The topological polar surface area (TPSA) is 45.7 Å². The molecule has 7 heteroatoms. The molecule has 2 saturated heterocycles. The molecule has 2 aliphatic rings. The Hall–Kier alpha value is -1.54.